The minimum absolute atomic E-state index is 0.674. The van der Waals surface area contributed by atoms with E-state index >= 15 is 0 Å². The molecule has 0 aromatic heterocycles. The summed E-state index contributed by atoms with van der Waals surface area (Å²) >= 11 is 3.03. The van der Waals surface area contributed by atoms with E-state index in [1.807, 2.05) is 18.2 Å². The number of ether oxygens (including phenoxy) is 1. The van der Waals surface area contributed by atoms with Crippen LogP contribution >= 0.6 is 0 Å². The maximum atomic E-state index is 5.70. The molecule has 0 unspecified atom stereocenters. The van der Waals surface area contributed by atoms with Gasteiger partial charge >= 0.3 is 101 Å². The second-order valence-electron chi connectivity index (χ2n) is 4.88. The van der Waals surface area contributed by atoms with Crippen molar-refractivity contribution < 1.29 is 4.74 Å². The van der Waals surface area contributed by atoms with E-state index in [0.29, 0.717) is 6.61 Å². The number of hydrogen-bond donors (Lipinski definition) is 0. The van der Waals surface area contributed by atoms with Crippen molar-refractivity contribution in [1.29, 1.82) is 0 Å². The van der Waals surface area contributed by atoms with Crippen molar-refractivity contribution in [3.8, 4) is 0 Å². The Bertz CT molecular complexity index is 316. The van der Waals surface area contributed by atoms with Gasteiger partial charge in [0.05, 0.1) is 0 Å². The summed E-state index contributed by atoms with van der Waals surface area (Å²) in [6.07, 6.45) is 0. The van der Waals surface area contributed by atoms with E-state index in [2.05, 4.69) is 47.3 Å². The molecule has 0 radical (unpaired) electrons. The van der Waals surface area contributed by atoms with E-state index in [9.17, 15) is 0 Å². The molecule has 1 aromatic carbocycles. The van der Waals surface area contributed by atoms with Crippen molar-refractivity contribution in [2.24, 2.45) is 0 Å². The average Bonchev–Trinajstić information content (AvgIpc) is 2.14. The first-order valence-electron chi connectivity index (χ1n) is 5.17. The van der Waals surface area contributed by atoms with Gasteiger partial charge in [0, 0.05) is 0 Å². The Morgan fingerprint density at radius 2 is 1.80 bits per heavy atom. The van der Waals surface area contributed by atoms with E-state index in [-0.39, 0.29) is 0 Å². The molecule has 0 atom stereocenters. The zero-order valence-electron chi connectivity index (χ0n) is 9.62. The molecular formula is C12H18OSeSi. The fourth-order valence-corrected chi connectivity index (χ4v) is 5.04. The summed E-state index contributed by atoms with van der Waals surface area (Å²) in [5.41, 5.74) is 1.22. The summed E-state index contributed by atoms with van der Waals surface area (Å²) in [6.45, 7) is 7.70. The van der Waals surface area contributed by atoms with Crippen LogP contribution in [0.25, 0.3) is 0 Å². The number of hydrogen-bond acceptors (Lipinski definition) is 1. The van der Waals surface area contributed by atoms with Crippen LogP contribution in [0.15, 0.2) is 30.3 Å². The first-order chi connectivity index (χ1) is 6.97. The zero-order chi connectivity index (χ0) is 11.3. The van der Waals surface area contributed by atoms with Crippen LogP contribution in [-0.4, -0.2) is 28.3 Å². The molecule has 3 heteroatoms. The van der Waals surface area contributed by atoms with Gasteiger partial charge in [-0.25, -0.2) is 0 Å². The van der Waals surface area contributed by atoms with E-state index < -0.39 is 8.07 Å². The molecule has 82 valence electrons. The van der Waals surface area contributed by atoms with E-state index in [1.165, 1.54) is 5.56 Å². The quantitative estimate of drug-likeness (QED) is 0.756. The third-order valence-electron chi connectivity index (χ3n) is 1.92. The minimum atomic E-state index is -1.05. The van der Waals surface area contributed by atoms with Gasteiger partial charge in [-0.2, -0.15) is 0 Å². The molecule has 0 bridgehead atoms. The second kappa shape index (κ2) is 5.64. The van der Waals surface area contributed by atoms with Crippen LogP contribution in [-0.2, 0) is 11.3 Å². The van der Waals surface area contributed by atoms with E-state index in [1.54, 1.807) is 0 Å². The summed E-state index contributed by atoms with van der Waals surface area (Å²) in [5, 5.41) is 0. The van der Waals surface area contributed by atoms with Crippen LogP contribution in [0.1, 0.15) is 5.56 Å². The topological polar surface area (TPSA) is 9.23 Å². The molecule has 0 saturated heterocycles. The Kier molecular flexibility index (Phi) is 4.77. The van der Waals surface area contributed by atoms with Crippen LogP contribution in [0, 0.1) is 0 Å². The molecule has 0 heterocycles. The fraction of sp³-hybridized carbons (Fsp3) is 0.417. The van der Waals surface area contributed by atoms with Crippen molar-refractivity contribution in [2.75, 3.05) is 0 Å². The molecule has 1 nitrogen and oxygen atoms in total. The normalized spacial score (nSPS) is 11.1. The monoisotopic (exact) mass is 286 g/mol. The summed E-state index contributed by atoms with van der Waals surface area (Å²) in [4.78, 5) is 0. The SMILES string of the molecule is C[Si](C)(C)CC(=[Se])OCc1ccccc1. The summed E-state index contributed by atoms with van der Waals surface area (Å²) in [6, 6.07) is 11.4. The molecule has 15 heavy (non-hydrogen) atoms. The van der Waals surface area contributed by atoms with Crippen molar-refractivity contribution in [2.45, 2.75) is 32.3 Å². The van der Waals surface area contributed by atoms with Gasteiger partial charge in [0.1, 0.15) is 0 Å². The number of rotatable bonds is 5. The van der Waals surface area contributed by atoms with Crippen molar-refractivity contribution in [3.05, 3.63) is 35.9 Å². The molecule has 0 aliphatic rings. The first kappa shape index (κ1) is 12.7. The van der Waals surface area contributed by atoms with Crippen LogP contribution in [0.3, 0.4) is 0 Å². The molecule has 0 amide bonds. The van der Waals surface area contributed by atoms with Gasteiger partial charge < -0.3 is 0 Å². The van der Waals surface area contributed by atoms with Gasteiger partial charge in [-0.1, -0.05) is 0 Å². The zero-order valence-corrected chi connectivity index (χ0v) is 12.3. The van der Waals surface area contributed by atoms with Gasteiger partial charge in [0.25, 0.3) is 0 Å². The van der Waals surface area contributed by atoms with E-state index in [4.69, 9.17) is 4.74 Å². The molecule has 0 fully saturated rings. The molecule has 0 N–H and O–H groups in total. The third kappa shape index (κ3) is 5.93. The molecule has 1 rings (SSSR count). The fourth-order valence-electron chi connectivity index (χ4n) is 1.22. The van der Waals surface area contributed by atoms with Gasteiger partial charge in [0.2, 0.25) is 0 Å². The molecule has 0 spiro atoms. The molecule has 0 saturated carbocycles. The van der Waals surface area contributed by atoms with Crippen LogP contribution in [0.4, 0.5) is 0 Å². The van der Waals surface area contributed by atoms with E-state index in [0.717, 1.165) is 10.6 Å². The standard InChI is InChI=1S/C12H18OSeSi/c1-15(2,3)10-12(14)13-9-11-7-5-4-6-8-11/h4-8H,9-10H2,1-3H3. The van der Waals surface area contributed by atoms with Gasteiger partial charge in [-0.15, -0.1) is 0 Å². The van der Waals surface area contributed by atoms with Gasteiger partial charge in [-0.05, 0) is 0 Å². The van der Waals surface area contributed by atoms with Gasteiger partial charge in [-0.3, -0.25) is 0 Å². The number of benzene rings is 1. The Morgan fingerprint density at radius 3 is 2.33 bits per heavy atom. The third-order valence-corrected chi connectivity index (χ3v) is 4.42. The summed E-state index contributed by atoms with van der Waals surface area (Å²) < 4.78 is 6.75. The molecule has 0 aliphatic carbocycles. The Labute approximate surface area is 101 Å². The summed E-state index contributed by atoms with van der Waals surface area (Å²) in [5.74, 6) is 0. The predicted molar refractivity (Wildman–Crippen MR) is 70.1 cm³/mol. The van der Waals surface area contributed by atoms with Crippen molar-refractivity contribution in [3.63, 3.8) is 0 Å². The van der Waals surface area contributed by atoms with Gasteiger partial charge in [0.15, 0.2) is 0 Å². The maximum absolute atomic E-state index is 5.70. The van der Waals surface area contributed by atoms with Crippen LogP contribution in [0.5, 0.6) is 0 Å². The molecule has 0 aliphatic heterocycles. The summed E-state index contributed by atoms with van der Waals surface area (Å²) in [7, 11) is -1.05. The van der Waals surface area contributed by atoms with Crippen molar-refractivity contribution in [1.82, 2.24) is 0 Å². The molecular weight excluding hydrogens is 267 g/mol. The predicted octanol–water partition coefficient (Wildman–Crippen LogP) is 2.84. The first-order valence-corrected chi connectivity index (χ1v) is 9.73. The van der Waals surface area contributed by atoms with Crippen molar-refractivity contribution >= 4 is 28.3 Å². The Hall–Kier alpha value is -0.374. The Balaban J connectivity index is 2.35. The average molecular weight is 285 g/mol. The molecule has 1 aromatic rings. The van der Waals surface area contributed by atoms with Crippen LogP contribution in [0.2, 0.25) is 25.7 Å². The Morgan fingerprint density at radius 1 is 1.20 bits per heavy atom. The van der Waals surface area contributed by atoms with Crippen LogP contribution < -0.4 is 0 Å². The second-order valence-corrected chi connectivity index (χ2v) is 11.3.